The number of carbonyl (C=O) groups is 1. The summed E-state index contributed by atoms with van der Waals surface area (Å²) in [5.41, 5.74) is 3.07. The van der Waals surface area contributed by atoms with E-state index in [-0.39, 0.29) is 18.0 Å². The second-order valence-corrected chi connectivity index (χ2v) is 6.09. The Hall–Kier alpha value is -3.39. The summed E-state index contributed by atoms with van der Waals surface area (Å²) in [7, 11) is 0. The van der Waals surface area contributed by atoms with Gasteiger partial charge in [-0.3, -0.25) is 9.59 Å². The highest BCUT2D eigenvalue weighted by atomic mass is 32.1. The molecule has 0 unspecified atom stereocenters. The number of carbonyl (C=O) groups excluding carboxylic acids is 1. The van der Waals surface area contributed by atoms with Gasteiger partial charge in [0, 0.05) is 11.6 Å². The second kappa shape index (κ2) is 6.85. The molecule has 0 fully saturated rings. The van der Waals surface area contributed by atoms with Crippen molar-refractivity contribution in [2.75, 3.05) is 5.32 Å². The van der Waals surface area contributed by atoms with Crippen molar-refractivity contribution in [1.82, 2.24) is 18.5 Å². The van der Waals surface area contributed by atoms with Crippen molar-refractivity contribution >= 4 is 34.4 Å². The number of hydrogen-bond donors (Lipinski definition) is 1. The molecule has 7 nitrogen and oxygen atoms in total. The summed E-state index contributed by atoms with van der Waals surface area (Å²) in [6, 6.07) is 17.9. The van der Waals surface area contributed by atoms with Gasteiger partial charge in [-0.2, -0.15) is 13.8 Å². The molecular formula is C18H13N5O2S. The number of anilines is 1. The third-order valence-corrected chi connectivity index (χ3v) is 4.33. The monoisotopic (exact) mass is 363 g/mol. The summed E-state index contributed by atoms with van der Waals surface area (Å²) in [6.07, 6.45) is 0. The van der Waals surface area contributed by atoms with Gasteiger partial charge in [-0.05, 0) is 18.2 Å². The van der Waals surface area contributed by atoms with Gasteiger partial charge in [-0.15, -0.1) is 0 Å². The lowest BCUT2D eigenvalue weighted by atomic mass is 10.1. The van der Waals surface area contributed by atoms with Gasteiger partial charge < -0.3 is 5.32 Å². The highest BCUT2D eigenvalue weighted by Crippen LogP contribution is 2.21. The molecule has 2 aromatic carbocycles. The maximum Gasteiger partial charge on any atom is 0.267 e. The Morgan fingerprint density at radius 2 is 1.85 bits per heavy atom. The van der Waals surface area contributed by atoms with Crippen LogP contribution in [0.3, 0.4) is 0 Å². The quantitative estimate of drug-likeness (QED) is 0.602. The lowest BCUT2D eigenvalue weighted by Crippen LogP contribution is -2.29. The van der Waals surface area contributed by atoms with Crippen LogP contribution in [0.15, 0.2) is 65.5 Å². The number of amides is 1. The molecule has 4 aromatic rings. The molecule has 4 rings (SSSR count). The Morgan fingerprint density at radius 1 is 1.00 bits per heavy atom. The minimum atomic E-state index is -0.356. The van der Waals surface area contributed by atoms with E-state index in [4.69, 9.17) is 0 Å². The molecule has 2 heterocycles. The smallest absolute Gasteiger partial charge is 0.267 e. The maximum absolute atomic E-state index is 12.4. The first-order chi connectivity index (χ1) is 12.7. The number of fused-ring (bicyclic) bond motifs is 1. The van der Waals surface area contributed by atoms with Crippen LogP contribution in [-0.2, 0) is 11.3 Å². The Labute approximate surface area is 152 Å². The highest BCUT2D eigenvalue weighted by molar-refractivity contribution is 7.00. The Bertz CT molecular complexity index is 1140. The average Bonchev–Trinajstić information content (AvgIpc) is 3.14. The molecule has 0 spiro atoms. The van der Waals surface area contributed by atoms with Gasteiger partial charge in [0.25, 0.3) is 5.56 Å². The van der Waals surface area contributed by atoms with E-state index in [2.05, 4.69) is 19.2 Å². The van der Waals surface area contributed by atoms with Crippen LogP contribution in [0.25, 0.3) is 22.3 Å². The molecule has 2 aromatic heterocycles. The summed E-state index contributed by atoms with van der Waals surface area (Å²) in [5, 5.41) is 7.07. The van der Waals surface area contributed by atoms with Crippen LogP contribution in [0.4, 0.5) is 5.69 Å². The molecular weight excluding hydrogens is 350 g/mol. The zero-order valence-corrected chi connectivity index (χ0v) is 14.3. The normalized spacial score (nSPS) is 10.8. The molecule has 0 aliphatic carbocycles. The van der Waals surface area contributed by atoms with E-state index < -0.39 is 0 Å². The van der Waals surface area contributed by atoms with Crippen molar-refractivity contribution in [1.29, 1.82) is 0 Å². The predicted octanol–water partition coefficient (Wildman–Crippen LogP) is 2.55. The van der Waals surface area contributed by atoms with Crippen LogP contribution < -0.4 is 10.9 Å². The predicted molar refractivity (Wildman–Crippen MR) is 100.0 cm³/mol. The number of aromatic nitrogens is 4. The first kappa shape index (κ1) is 16.1. The standard InChI is InChI=1S/C18H13N5O2S/c24-16(19-14-7-4-8-15-18(14)22-26-21-15)11-23-17(25)10-9-13(20-23)12-5-2-1-3-6-12/h1-10H,11H2,(H,19,24). The third-order valence-electron chi connectivity index (χ3n) is 3.79. The van der Waals surface area contributed by atoms with Gasteiger partial charge in [0.15, 0.2) is 0 Å². The molecule has 0 radical (unpaired) electrons. The van der Waals surface area contributed by atoms with Crippen molar-refractivity contribution in [3.8, 4) is 11.3 Å². The molecule has 26 heavy (non-hydrogen) atoms. The average molecular weight is 363 g/mol. The van der Waals surface area contributed by atoms with Crippen molar-refractivity contribution in [3.63, 3.8) is 0 Å². The Kier molecular flexibility index (Phi) is 4.24. The molecule has 128 valence electrons. The molecule has 0 bridgehead atoms. The van der Waals surface area contributed by atoms with Crippen molar-refractivity contribution in [2.24, 2.45) is 0 Å². The largest absolute Gasteiger partial charge is 0.322 e. The van der Waals surface area contributed by atoms with E-state index in [1.807, 2.05) is 36.4 Å². The zero-order valence-electron chi connectivity index (χ0n) is 13.5. The molecule has 8 heteroatoms. The highest BCUT2D eigenvalue weighted by Gasteiger charge is 2.11. The zero-order chi connectivity index (χ0) is 17.9. The molecule has 0 aliphatic heterocycles. The molecule has 1 N–H and O–H groups in total. The number of nitrogens with one attached hydrogen (secondary N) is 1. The number of benzene rings is 2. The maximum atomic E-state index is 12.4. The van der Waals surface area contributed by atoms with E-state index in [1.54, 1.807) is 18.2 Å². The summed E-state index contributed by atoms with van der Waals surface area (Å²) >= 11 is 1.08. The molecule has 1 amide bonds. The van der Waals surface area contributed by atoms with Crippen LogP contribution in [0.2, 0.25) is 0 Å². The summed E-state index contributed by atoms with van der Waals surface area (Å²) in [6.45, 7) is -0.187. The molecule has 0 aliphatic rings. The van der Waals surface area contributed by atoms with E-state index >= 15 is 0 Å². The van der Waals surface area contributed by atoms with Gasteiger partial charge in [0.05, 0.1) is 23.1 Å². The third kappa shape index (κ3) is 3.22. The van der Waals surface area contributed by atoms with E-state index in [1.165, 1.54) is 6.07 Å². The fourth-order valence-corrected chi connectivity index (χ4v) is 3.11. The van der Waals surface area contributed by atoms with Gasteiger partial charge in [0.2, 0.25) is 5.91 Å². The van der Waals surface area contributed by atoms with E-state index in [0.29, 0.717) is 22.4 Å². The summed E-state index contributed by atoms with van der Waals surface area (Å²) in [4.78, 5) is 24.5. The lowest BCUT2D eigenvalue weighted by Gasteiger charge is -2.08. The van der Waals surface area contributed by atoms with Crippen LogP contribution in [-0.4, -0.2) is 24.4 Å². The van der Waals surface area contributed by atoms with Gasteiger partial charge in [-0.1, -0.05) is 36.4 Å². The Balaban J connectivity index is 1.58. The first-order valence-corrected chi connectivity index (χ1v) is 8.58. The van der Waals surface area contributed by atoms with Crippen molar-refractivity contribution in [2.45, 2.75) is 6.54 Å². The number of nitrogens with zero attached hydrogens (tertiary/aromatic N) is 4. The molecule has 0 atom stereocenters. The SMILES string of the molecule is O=C(Cn1nc(-c2ccccc2)ccc1=O)Nc1cccc2nsnc12. The molecule has 0 saturated carbocycles. The van der Waals surface area contributed by atoms with Crippen LogP contribution in [0.5, 0.6) is 0 Å². The van der Waals surface area contributed by atoms with E-state index in [9.17, 15) is 9.59 Å². The fourth-order valence-electron chi connectivity index (χ4n) is 2.56. The van der Waals surface area contributed by atoms with Gasteiger partial charge in [0.1, 0.15) is 17.6 Å². The van der Waals surface area contributed by atoms with E-state index in [0.717, 1.165) is 22.0 Å². The number of rotatable bonds is 4. The number of hydrogen-bond acceptors (Lipinski definition) is 6. The summed E-state index contributed by atoms with van der Waals surface area (Å²) in [5.74, 6) is -0.356. The van der Waals surface area contributed by atoms with Crippen LogP contribution in [0, 0.1) is 0 Å². The Morgan fingerprint density at radius 3 is 2.69 bits per heavy atom. The van der Waals surface area contributed by atoms with Crippen molar-refractivity contribution < 1.29 is 4.79 Å². The first-order valence-electron chi connectivity index (χ1n) is 7.85. The molecule has 0 saturated heterocycles. The van der Waals surface area contributed by atoms with Crippen LogP contribution >= 0.6 is 11.7 Å². The lowest BCUT2D eigenvalue weighted by molar-refractivity contribution is -0.117. The summed E-state index contributed by atoms with van der Waals surface area (Å²) < 4.78 is 9.47. The minimum absolute atomic E-state index is 0.187. The van der Waals surface area contributed by atoms with Gasteiger partial charge >= 0.3 is 0 Å². The second-order valence-electron chi connectivity index (χ2n) is 5.57. The topological polar surface area (TPSA) is 89.8 Å². The van der Waals surface area contributed by atoms with Crippen molar-refractivity contribution in [3.05, 3.63) is 71.0 Å². The minimum Gasteiger partial charge on any atom is -0.322 e. The van der Waals surface area contributed by atoms with Crippen LogP contribution in [0.1, 0.15) is 0 Å². The van der Waals surface area contributed by atoms with Gasteiger partial charge in [-0.25, -0.2) is 4.68 Å². The fraction of sp³-hybridized carbons (Fsp3) is 0.0556.